The number of hydrogen-bond donors (Lipinski definition) is 0. The maximum atomic E-state index is 11.6. The largest absolute Gasteiger partial charge is 0.275 e. The predicted octanol–water partition coefficient (Wildman–Crippen LogP) is 1.84. The van der Waals surface area contributed by atoms with Gasteiger partial charge in [-0.2, -0.15) is 9.61 Å². The molecule has 2 heterocycles. The fourth-order valence-electron chi connectivity index (χ4n) is 1.28. The van der Waals surface area contributed by atoms with Crippen molar-refractivity contribution in [1.82, 2.24) is 14.6 Å². The van der Waals surface area contributed by atoms with E-state index in [4.69, 9.17) is 11.6 Å². The Morgan fingerprint density at radius 2 is 2.40 bits per heavy atom. The normalized spacial score (nSPS) is 11.1. The van der Waals surface area contributed by atoms with Crippen molar-refractivity contribution in [2.45, 2.75) is 25.6 Å². The number of halogens is 1. The number of nitrogens with zero attached hydrogens (tertiary/aromatic N) is 3. The van der Waals surface area contributed by atoms with Gasteiger partial charge in [0.25, 0.3) is 5.56 Å². The van der Waals surface area contributed by atoms with Gasteiger partial charge in [-0.25, -0.2) is 4.98 Å². The average Bonchev–Trinajstić information content (AvgIpc) is 2.61. The van der Waals surface area contributed by atoms with Crippen LogP contribution in [0.3, 0.4) is 0 Å². The summed E-state index contributed by atoms with van der Waals surface area (Å²) in [6.45, 7) is 2.08. The molecule has 0 unspecified atom stereocenters. The monoisotopic (exact) mass is 243 g/mol. The summed E-state index contributed by atoms with van der Waals surface area (Å²) in [5.41, 5.74) is 0.447. The van der Waals surface area contributed by atoms with Crippen molar-refractivity contribution in [2.75, 3.05) is 0 Å². The number of fused-ring (bicyclic) bond motifs is 1. The molecule has 0 aliphatic carbocycles. The maximum absolute atomic E-state index is 11.6. The van der Waals surface area contributed by atoms with Gasteiger partial charge in [0.2, 0.25) is 4.96 Å². The molecular weight excluding hydrogens is 234 g/mol. The van der Waals surface area contributed by atoms with Crippen molar-refractivity contribution in [1.29, 1.82) is 0 Å². The number of aryl methyl sites for hydroxylation is 1. The van der Waals surface area contributed by atoms with Crippen molar-refractivity contribution in [3.63, 3.8) is 0 Å². The molecule has 0 bridgehead atoms. The summed E-state index contributed by atoms with van der Waals surface area (Å²) < 4.78 is 1.34. The highest BCUT2D eigenvalue weighted by Gasteiger charge is 2.07. The summed E-state index contributed by atoms with van der Waals surface area (Å²) >= 11 is 7.09. The van der Waals surface area contributed by atoms with Gasteiger partial charge in [-0.1, -0.05) is 18.3 Å². The summed E-state index contributed by atoms with van der Waals surface area (Å²) in [6.07, 6.45) is 1.89. The van der Waals surface area contributed by atoms with Crippen LogP contribution >= 0.6 is 22.9 Å². The molecule has 80 valence electrons. The van der Waals surface area contributed by atoms with E-state index in [-0.39, 0.29) is 11.4 Å². The van der Waals surface area contributed by atoms with Crippen LogP contribution in [0.5, 0.6) is 0 Å². The quantitative estimate of drug-likeness (QED) is 0.773. The Hall–Kier alpha value is -0.940. The number of rotatable bonds is 3. The topological polar surface area (TPSA) is 47.3 Å². The average molecular weight is 244 g/mol. The lowest BCUT2D eigenvalue weighted by Gasteiger charge is -1.92. The molecule has 0 N–H and O–H groups in total. The first-order valence-electron chi connectivity index (χ1n) is 4.69. The second-order valence-electron chi connectivity index (χ2n) is 3.16. The molecule has 2 aromatic heterocycles. The molecule has 0 fully saturated rings. The molecule has 2 rings (SSSR count). The lowest BCUT2D eigenvalue weighted by molar-refractivity contribution is 0.818. The van der Waals surface area contributed by atoms with Crippen molar-refractivity contribution in [3.8, 4) is 0 Å². The first-order chi connectivity index (χ1) is 7.24. The molecule has 2 aromatic rings. The Morgan fingerprint density at radius 1 is 1.60 bits per heavy atom. The van der Waals surface area contributed by atoms with E-state index >= 15 is 0 Å². The zero-order valence-corrected chi connectivity index (χ0v) is 9.81. The minimum Gasteiger partial charge on any atom is -0.267 e. The predicted molar refractivity (Wildman–Crippen MR) is 60.7 cm³/mol. The minimum atomic E-state index is -0.158. The van der Waals surface area contributed by atoms with Gasteiger partial charge in [0.05, 0.1) is 11.6 Å². The molecular formula is C9H10ClN3OS. The molecule has 6 heteroatoms. The number of alkyl halides is 1. The van der Waals surface area contributed by atoms with Crippen LogP contribution in [-0.4, -0.2) is 14.6 Å². The smallest absolute Gasteiger partial charge is 0.267 e. The van der Waals surface area contributed by atoms with E-state index in [0.29, 0.717) is 10.7 Å². The van der Waals surface area contributed by atoms with E-state index < -0.39 is 0 Å². The Bertz CT molecular complexity index is 534. The minimum absolute atomic E-state index is 0.158. The van der Waals surface area contributed by atoms with E-state index in [1.807, 2.05) is 0 Å². The van der Waals surface area contributed by atoms with Gasteiger partial charge in [0, 0.05) is 12.5 Å². The molecule has 0 aliphatic rings. The van der Waals surface area contributed by atoms with Crippen molar-refractivity contribution in [3.05, 3.63) is 27.1 Å². The number of aromatic nitrogens is 3. The first kappa shape index (κ1) is 10.6. The molecule has 4 nitrogen and oxygen atoms in total. The molecule has 15 heavy (non-hydrogen) atoms. The SMILES string of the molecule is CCCc1nn2c(=O)cc(CCl)nc2s1. The van der Waals surface area contributed by atoms with E-state index in [2.05, 4.69) is 17.0 Å². The molecule has 0 saturated heterocycles. The molecule has 0 aromatic carbocycles. The highest BCUT2D eigenvalue weighted by Crippen LogP contribution is 2.13. The zero-order chi connectivity index (χ0) is 10.8. The molecule has 0 amide bonds. The van der Waals surface area contributed by atoms with Gasteiger partial charge in [-0.3, -0.25) is 4.79 Å². The van der Waals surface area contributed by atoms with Crippen molar-refractivity contribution in [2.24, 2.45) is 0 Å². The third-order valence-electron chi connectivity index (χ3n) is 1.94. The summed E-state index contributed by atoms with van der Waals surface area (Å²) in [6, 6.07) is 1.43. The summed E-state index contributed by atoms with van der Waals surface area (Å²) in [7, 11) is 0. The van der Waals surface area contributed by atoms with Gasteiger partial charge in [0.15, 0.2) is 0 Å². The molecule has 0 saturated carbocycles. The van der Waals surface area contributed by atoms with Crippen LogP contribution < -0.4 is 5.56 Å². The third kappa shape index (κ3) is 2.03. The van der Waals surface area contributed by atoms with Crippen LogP contribution in [0.4, 0.5) is 0 Å². The van der Waals surface area contributed by atoms with Crippen LogP contribution in [0.2, 0.25) is 0 Å². The molecule has 0 atom stereocenters. The van der Waals surface area contributed by atoms with E-state index in [1.54, 1.807) is 0 Å². The Morgan fingerprint density at radius 3 is 3.07 bits per heavy atom. The fourth-order valence-corrected chi connectivity index (χ4v) is 2.44. The Labute approximate surface area is 95.5 Å². The van der Waals surface area contributed by atoms with Gasteiger partial charge < -0.3 is 0 Å². The van der Waals surface area contributed by atoms with Crippen LogP contribution in [0, 0.1) is 0 Å². The van der Waals surface area contributed by atoms with Crippen molar-refractivity contribution >= 4 is 27.9 Å². The first-order valence-corrected chi connectivity index (χ1v) is 6.04. The van der Waals surface area contributed by atoms with Crippen LogP contribution in [0.1, 0.15) is 24.0 Å². The van der Waals surface area contributed by atoms with Crippen LogP contribution in [0.25, 0.3) is 4.96 Å². The molecule has 0 aliphatic heterocycles. The lowest BCUT2D eigenvalue weighted by atomic mass is 10.4. The fraction of sp³-hybridized carbons (Fsp3) is 0.444. The number of hydrogen-bond acceptors (Lipinski definition) is 4. The Kier molecular flexibility index (Phi) is 3.02. The molecule has 0 spiro atoms. The maximum Gasteiger partial charge on any atom is 0.275 e. The summed E-state index contributed by atoms with van der Waals surface area (Å²) in [4.78, 5) is 16.5. The van der Waals surface area contributed by atoms with Gasteiger partial charge in [-0.15, -0.1) is 11.6 Å². The zero-order valence-electron chi connectivity index (χ0n) is 8.23. The van der Waals surface area contributed by atoms with Gasteiger partial charge in [0.1, 0.15) is 5.01 Å². The lowest BCUT2D eigenvalue weighted by Crippen LogP contribution is -2.15. The second kappa shape index (κ2) is 4.28. The van der Waals surface area contributed by atoms with E-state index in [9.17, 15) is 4.79 Å². The third-order valence-corrected chi connectivity index (χ3v) is 3.18. The van der Waals surface area contributed by atoms with E-state index in [0.717, 1.165) is 17.8 Å². The highest BCUT2D eigenvalue weighted by molar-refractivity contribution is 7.16. The Balaban J connectivity index is 2.59. The van der Waals surface area contributed by atoms with E-state index in [1.165, 1.54) is 21.9 Å². The summed E-state index contributed by atoms with van der Waals surface area (Å²) in [5, 5.41) is 5.13. The van der Waals surface area contributed by atoms with Crippen LogP contribution in [0.15, 0.2) is 10.9 Å². The second-order valence-corrected chi connectivity index (χ2v) is 4.47. The standard InChI is InChI=1S/C9H10ClN3OS/c1-2-3-7-12-13-8(14)4-6(5-10)11-9(13)15-7/h4H,2-3,5H2,1H3. The summed E-state index contributed by atoms with van der Waals surface area (Å²) in [5.74, 6) is 0.257. The van der Waals surface area contributed by atoms with Crippen LogP contribution in [-0.2, 0) is 12.3 Å². The van der Waals surface area contributed by atoms with Crippen molar-refractivity contribution < 1.29 is 0 Å². The van der Waals surface area contributed by atoms with Gasteiger partial charge in [-0.05, 0) is 6.42 Å². The highest BCUT2D eigenvalue weighted by atomic mass is 35.5. The molecule has 0 radical (unpaired) electrons. The van der Waals surface area contributed by atoms with Gasteiger partial charge >= 0.3 is 0 Å².